The Labute approximate surface area is 132 Å². The number of carbonyl (C=O) groups excluding carboxylic acids is 1. The van der Waals surface area contributed by atoms with Crippen molar-refractivity contribution in [1.82, 2.24) is 10.3 Å². The number of aliphatic carboxylic acids is 1. The number of pyridine rings is 1. The highest BCUT2D eigenvalue weighted by Crippen LogP contribution is 2.09. The third-order valence-electron chi connectivity index (χ3n) is 3.20. The van der Waals surface area contributed by atoms with Crippen LogP contribution in [0.1, 0.15) is 12.1 Å². The van der Waals surface area contributed by atoms with Gasteiger partial charge in [0, 0.05) is 0 Å². The molecule has 1 amide bonds. The summed E-state index contributed by atoms with van der Waals surface area (Å²) in [5, 5.41) is 21.3. The molecule has 1 aliphatic rings. The Kier molecular flexibility index (Phi) is 5.91. The molecule has 1 saturated heterocycles. The summed E-state index contributed by atoms with van der Waals surface area (Å²) in [6.45, 7) is 0.0554. The van der Waals surface area contributed by atoms with Crippen LogP contribution in [0, 0.1) is 0 Å². The number of anilines is 1. The van der Waals surface area contributed by atoms with Gasteiger partial charge in [-0.15, -0.1) is 0 Å². The quantitative estimate of drug-likeness (QED) is 0.484. The van der Waals surface area contributed by atoms with Crippen molar-refractivity contribution in [3.05, 3.63) is 23.9 Å². The molecule has 0 aliphatic carbocycles. The smallest absolute Gasteiger partial charge is 0.480 e. The van der Waals surface area contributed by atoms with Gasteiger partial charge in [-0.3, -0.25) is 9.59 Å². The fourth-order valence-electron chi connectivity index (χ4n) is 2.17. The zero-order valence-corrected chi connectivity index (χ0v) is 12.3. The zero-order chi connectivity index (χ0) is 16.8. The third kappa shape index (κ3) is 5.51. The van der Waals surface area contributed by atoms with E-state index in [2.05, 4.69) is 10.3 Å². The molecule has 2 heterocycles. The molecule has 0 spiro atoms. The lowest BCUT2D eigenvalue weighted by atomic mass is 9.79. The lowest BCUT2D eigenvalue weighted by molar-refractivity contribution is -0.139. The van der Waals surface area contributed by atoms with Crippen molar-refractivity contribution in [2.24, 2.45) is 0 Å². The molecule has 1 fully saturated rings. The Balaban J connectivity index is 1.88. The van der Waals surface area contributed by atoms with Crippen molar-refractivity contribution in [3.63, 3.8) is 0 Å². The van der Waals surface area contributed by atoms with Crippen LogP contribution in [-0.2, 0) is 25.4 Å². The number of hydrogen-bond donors (Lipinski definition) is 4. The van der Waals surface area contributed by atoms with Crippen molar-refractivity contribution in [3.8, 4) is 0 Å². The van der Waals surface area contributed by atoms with E-state index in [0.29, 0.717) is 11.5 Å². The van der Waals surface area contributed by atoms with Gasteiger partial charge in [0.1, 0.15) is 5.82 Å². The maximum Gasteiger partial charge on any atom is 0.480 e. The summed E-state index contributed by atoms with van der Waals surface area (Å²) in [6, 6.07) is 4.96. The van der Waals surface area contributed by atoms with E-state index in [1.165, 1.54) is 0 Å². The number of ether oxygens (including phenoxy) is 1. The fourth-order valence-corrected chi connectivity index (χ4v) is 2.17. The first-order valence-electron chi connectivity index (χ1n) is 7.08. The monoisotopic (exact) mass is 323 g/mol. The van der Waals surface area contributed by atoms with Crippen LogP contribution >= 0.6 is 0 Å². The van der Waals surface area contributed by atoms with Crippen LogP contribution in [0.2, 0.25) is 0 Å². The van der Waals surface area contributed by atoms with E-state index in [1.807, 2.05) is 0 Å². The van der Waals surface area contributed by atoms with Crippen LogP contribution in [0.15, 0.2) is 18.2 Å². The summed E-state index contributed by atoms with van der Waals surface area (Å²) in [4.78, 5) is 26.7. The second kappa shape index (κ2) is 7.91. The largest absolute Gasteiger partial charge is 0.481 e. The Morgan fingerprint density at radius 2 is 2.22 bits per heavy atom. The number of nitrogen functional groups attached to an aromatic ring is 1. The van der Waals surface area contributed by atoms with Crippen molar-refractivity contribution < 1.29 is 29.1 Å². The predicted molar refractivity (Wildman–Crippen MR) is 80.2 cm³/mol. The Morgan fingerprint density at radius 1 is 1.43 bits per heavy atom. The molecule has 5 N–H and O–H groups in total. The normalized spacial score (nSPS) is 21.5. The minimum atomic E-state index is -1.35. The van der Waals surface area contributed by atoms with E-state index < -0.39 is 25.1 Å². The van der Waals surface area contributed by atoms with Crippen molar-refractivity contribution in [2.75, 3.05) is 18.9 Å². The average molecular weight is 323 g/mol. The summed E-state index contributed by atoms with van der Waals surface area (Å²) in [7, 11) is -1.35. The van der Waals surface area contributed by atoms with E-state index in [1.54, 1.807) is 18.2 Å². The first kappa shape index (κ1) is 17.2. The molecule has 1 aliphatic heterocycles. The van der Waals surface area contributed by atoms with E-state index in [4.69, 9.17) is 20.2 Å². The molecular weight excluding hydrogens is 305 g/mol. The minimum absolute atomic E-state index is 0.00713. The number of aromatic nitrogens is 1. The molecule has 0 bridgehead atoms. The SMILES string of the molecule is Nc1cccc(CC(=O)N[C@H]2COC[C@H](CC(=O)O)OB2O)n1. The van der Waals surface area contributed by atoms with Gasteiger partial charge in [0.2, 0.25) is 5.91 Å². The Hall–Kier alpha value is -2.17. The fraction of sp³-hybridized carbons (Fsp3) is 0.462. The number of carbonyl (C=O) groups is 2. The van der Waals surface area contributed by atoms with Gasteiger partial charge in [-0.1, -0.05) is 6.07 Å². The second-order valence-electron chi connectivity index (χ2n) is 5.19. The number of nitrogens with two attached hydrogens (primary N) is 1. The number of amides is 1. The van der Waals surface area contributed by atoms with Gasteiger partial charge in [0.05, 0.1) is 43.8 Å². The molecule has 23 heavy (non-hydrogen) atoms. The second-order valence-corrected chi connectivity index (χ2v) is 5.19. The number of carboxylic acid groups (broad SMARTS) is 1. The molecule has 2 atom stereocenters. The third-order valence-corrected chi connectivity index (χ3v) is 3.20. The minimum Gasteiger partial charge on any atom is -0.481 e. The van der Waals surface area contributed by atoms with E-state index in [9.17, 15) is 14.6 Å². The summed E-state index contributed by atoms with van der Waals surface area (Å²) in [5.74, 6) is -1.91. The Bertz CT molecular complexity index is 572. The van der Waals surface area contributed by atoms with Gasteiger partial charge in [-0.2, -0.15) is 0 Å². The maximum absolute atomic E-state index is 12.0. The van der Waals surface area contributed by atoms with Gasteiger partial charge < -0.3 is 30.6 Å². The summed E-state index contributed by atoms with van der Waals surface area (Å²) < 4.78 is 10.5. The summed E-state index contributed by atoms with van der Waals surface area (Å²) in [5.41, 5.74) is 6.04. The number of nitrogens with zero attached hydrogens (tertiary/aromatic N) is 1. The van der Waals surface area contributed by atoms with E-state index in [0.717, 1.165) is 0 Å². The average Bonchev–Trinajstić information content (AvgIpc) is 2.60. The molecule has 1 aromatic rings. The molecule has 0 aromatic carbocycles. The maximum atomic E-state index is 12.0. The molecule has 2 rings (SSSR count). The molecule has 1 aromatic heterocycles. The standard InChI is InChI=1S/C13H18BN3O6/c15-11-3-1-2-8(16-11)4-12(18)17-10-7-22-6-9(5-13(19)20)23-14(10)21/h1-3,9-10,21H,4-7H2,(H2,15,16)(H,17,18)(H,19,20)/t9-,10-/m0/s1. The highest BCUT2D eigenvalue weighted by molar-refractivity contribution is 6.45. The van der Waals surface area contributed by atoms with Crippen molar-refractivity contribution in [2.45, 2.75) is 24.9 Å². The molecular formula is C13H18BN3O6. The molecule has 0 unspecified atom stereocenters. The molecule has 10 heteroatoms. The summed E-state index contributed by atoms with van der Waals surface area (Å²) in [6.07, 6.45) is -1.06. The van der Waals surface area contributed by atoms with E-state index in [-0.39, 0.29) is 32.0 Å². The topological polar surface area (TPSA) is 144 Å². The van der Waals surface area contributed by atoms with Crippen LogP contribution in [-0.4, -0.2) is 59.4 Å². The van der Waals surface area contributed by atoms with Gasteiger partial charge in [0.15, 0.2) is 0 Å². The highest BCUT2D eigenvalue weighted by Gasteiger charge is 2.35. The number of nitrogens with one attached hydrogen (secondary N) is 1. The number of rotatable bonds is 5. The lowest BCUT2D eigenvalue weighted by Crippen LogP contribution is -2.50. The lowest BCUT2D eigenvalue weighted by Gasteiger charge is -2.18. The van der Waals surface area contributed by atoms with Gasteiger partial charge in [-0.25, -0.2) is 4.98 Å². The van der Waals surface area contributed by atoms with Crippen LogP contribution in [0.3, 0.4) is 0 Å². The molecule has 0 radical (unpaired) electrons. The number of hydrogen-bond acceptors (Lipinski definition) is 7. The van der Waals surface area contributed by atoms with Crippen molar-refractivity contribution >= 4 is 24.8 Å². The van der Waals surface area contributed by atoms with Crippen LogP contribution in [0.5, 0.6) is 0 Å². The van der Waals surface area contributed by atoms with Gasteiger partial charge >= 0.3 is 13.1 Å². The van der Waals surface area contributed by atoms with Crippen LogP contribution < -0.4 is 11.1 Å². The van der Waals surface area contributed by atoms with Crippen molar-refractivity contribution in [1.29, 1.82) is 0 Å². The first-order valence-corrected chi connectivity index (χ1v) is 7.08. The number of carboxylic acids is 1. The van der Waals surface area contributed by atoms with Crippen LogP contribution in [0.25, 0.3) is 0 Å². The first-order chi connectivity index (χ1) is 10.9. The summed E-state index contributed by atoms with van der Waals surface area (Å²) >= 11 is 0. The van der Waals surface area contributed by atoms with Gasteiger partial charge in [-0.05, 0) is 12.1 Å². The predicted octanol–water partition coefficient (Wildman–Crippen LogP) is -1.40. The highest BCUT2D eigenvalue weighted by atomic mass is 16.6. The Morgan fingerprint density at radius 3 is 2.91 bits per heavy atom. The van der Waals surface area contributed by atoms with E-state index >= 15 is 0 Å². The molecule has 0 saturated carbocycles. The van der Waals surface area contributed by atoms with Gasteiger partial charge in [0.25, 0.3) is 0 Å². The van der Waals surface area contributed by atoms with Crippen LogP contribution in [0.4, 0.5) is 5.82 Å². The molecule has 9 nitrogen and oxygen atoms in total. The zero-order valence-electron chi connectivity index (χ0n) is 12.3. The molecule has 124 valence electrons.